The largest absolute Gasteiger partial charge is 0.396 e. The predicted molar refractivity (Wildman–Crippen MR) is 85.8 cm³/mol. The Morgan fingerprint density at radius 3 is 2.75 bits per heavy atom. The van der Waals surface area contributed by atoms with Crippen LogP contribution in [0, 0.1) is 5.41 Å². The fraction of sp³-hybridized carbons (Fsp3) is 0.471. The second-order valence-corrected chi connectivity index (χ2v) is 6.02. The Bertz CT molecular complexity index is 600. The van der Waals surface area contributed by atoms with Gasteiger partial charge in [-0.25, -0.2) is 0 Å². The molecule has 0 spiro atoms. The van der Waals surface area contributed by atoms with Gasteiger partial charge in [-0.1, -0.05) is 38.0 Å². The van der Waals surface area contributed by atoms with Gasteiger partial charge in [-0.05, 0) is 30.7 Å². The van der Waals surface area contributed by atoms with Crippen molar-refractivity contribution in [3.8, 4) is 0 Å². The molecule has 0 aliphatic heterocycles. The Hall–Kier alpha value is -1.77. The molecule has 1 saturated carbocycles. The highest BCUT2D eigenvalue weighted by atomic mass is 14.9. The van der Waals surface area contributed by atoms with Crippen LogP contribution in [0.4, 0.5) is 11.4 Å². The first-order valence-corrected chi connectivity index (χ1v) is 7.61. The Kier molecular flexibility index (Phi) is 3.51. The minimum atomic E-state index is 0.455. The maximum Gasteiger partial charge on any atom is 0.0743 e. The second-order valence-electron chi connectivity index (χ2n) is 6.02. The van der Waals surface area contributed by atoms with E-state index in [2.05, 4.69) is 23.3 Å². The van der Waals surface area contributed by atoms with E-state index in [9.17, 15) is 0 Å². The number of anilines is 2. The fourth-order valence-corrected chi connectivity index (χ4v) is 3.41. The summed E-state index contributed by atoms with van der Waals surface area (Å²) >= 11 is 0. The fourth-order valence-electron chi connectivity index (χ4n) is 3.41. The van der Waals surface area contributed by atoms with Crippen LogP contribution >= 0.6 is 0 Å². The first-order chi connectivity index (χ1) is 9.74. The van der Waals surface area contributed by atoms with E-state index in [1.165, 1.54) is 32.1 Å². The number of nitrogen functional groups attached to an aromatic ring is 1. The number of fused-ring (bicyclic) bond motifs is 1. The number of nitrogens with one attached hydrogen (secondary N) is 1. The summed E-state index contributed by atoms with van der Waals surface area (Å²) in [5.74, 6) is 0. The lowest BCUT2D eigenvalue weighted by Gasteiger charge is -2.28. The molecule has 0 amide bonds. The highest BCUT2D eigenvalue weighted by molar-refractivity contribution is 5.96. The van der Waals surface area contributed by atoms with E-state index in [4.69, 9.17) is 5.73 Å². The smallest absolute Gasteiger partial charge is 0.0743 e. The Labute approximate surface area is 120 Å². The minimum Gasteiger partial charge on any atom is -0.396 e. The number of aromatic nitrogens is 1. The molecule has 106 valence electrons. The van der Waals surface area contributed by atoms with E-state index >= 15 is 0 Å². The minimum absolute atomic E-state index is 0.455. The summed E-state index contributed by atoms with van der Waals surface area (Å²) < 4.78 is 0. The Balaban J connectivity index is 1.89. The van der Waals surface area contributed by atoms with Crippen LogP contribution in [0.3, 0.4) is 0 Å². The third-order valence-corrected chi connectivity index (χ3v) is 4.86. The van der Waals surface area contributed by atoms with Crippen molar-refractivity contribution >= 4 is 22.3 Å². The van der Waals surface area contributed by atoms with Crippen LogP contribution in [0.1, 0.15) is 39.0 Å². The average Bonchev–Trinajstić information content (AvgIpc) is 2.96. The summed E-state index contributed by atoms with van der Waals surface area (Å²) in [6, 6.07) is 8.18. The Morgan fingerprint density at radius 2 is 2.00 bits per heavy atom. The van der Waals surface area contributed by atoms with Crippen LogP contribution in [0.15, 0.2) is 30.5 Å². The molecule has 1 aromatic heterocycles. The first kappa shape index (κ1) is 13.2. The summed E-state index contributed by atoms with van der Waals surface area (Å²) in [6.45, 7) is 3.32. The normalized spacial score (nSPS) is 17.4. The molecule has 0 saturated heterocycles. The number of hydrogen-bond acceptors (Lipinski definition) is 3. The van der Waals surface area contributed by atoms with Crippen LogP contribution in [-0.4, -0.2) is 11.5 Å². The number of benzene rings is 1. The van der Waals surface area contributed by atoms with Crippen LogP contribution in [0.2, 0.25) is 0 Å². The van der Waals surface area contributed by atoms with Gasteiger partial charge >= 0.3 is 0 Å². The van der Waals surface area contributed by atoms with Crippen molar-refractivity contribution in [2.75, 3.05) is 17.6 Å². The summed E-state index contributed by atoms with van der Waals surface area (Å²) in [6.07, 6.45) is 8.39. The lowest BCUT2D eigenvalue weighted by atomic mass is 9.83. The van der Waals surface area contributed by atoms with Crippen LogP contribution in [-0.2, 0) is 0 Å². The van der Waals surface area contributed by atoms with Gasteiger partial charge in [0.05, 0.1) is 23.1 Å². The van der Waals surface area contributed by atoms with Gasteiger partial charge in [0.25, 0.3) is 0 Å². The van der Waals surface area contributed by atoms with Crippen LogP contribution in [0.5, 0.6) is 0 Å². The van der Waals surface area contributed by atoms with Crippen LogP contribution in [0.25, 0.3) is 10.9 Å². The highest BCUT2D eigenvalue weighted by Crippen LogP contribution is 2.41. The standard InChI is InChI=1S/C17H23N3/c1-2-17(9-5-6-10-17)12-20-16-13-7-3-4-8-15(13)19-11-14(16)18/h3-4,7-8,11H,2,5-6,9-10,12,18H2,1H3,(H,19,20). The maximum absolute atomic E-state index is 6.13. The molecule has 1 aliphatic rings. The summed E-state index contributed by atoms with van der Waals surface area (Å²) in [7, 11) is 0. The molecule has 0 atom stereocenters. The van der Waals surface area contributed by atoms with E-state index in [1.54, 1.807) is 6.20 Å². The number of rotatable bonds is 4. The summed E-state index contributed by atoms with van der Waals surface area (Å²) in [4.78, 5) is 4.39. The molecule has 3 heteroatoms. The van der Waals surface area contributed by atoms with E-state index in [0.29, 0.717) is 5.41 Å². The number of pyridine rings is 1. The van der Waals surface area contributed by atoms with E-state index < -0.39 is 0 Å². The predicted octanol–water partition coefficient (Wildman–Crippen LogP) is 4.20. The molecule has 0 radical (unpaired) electrons. The zero-order valence-electron chi connectivity index (χ0n) is 12.2. The zero-order valence-corrected chi connectivity index (χ0v) is 12.2. The molecule has 20 heavy (non-hydrogen) atoms. The molecule has 0 bridgehead atoms. The van der Waals surface area contributed by atoms with Gasteiger partial charge in [-0.15, -0.1) is 0 Å². The molecule has 3 rings (SSSR count). The van der Waals surface area contributed by atoms with Gasteiger partial charge in [0.1, 0.15) is 0 Å². The first-order valence-electron chi connectivity index (χ1n) is 7.61. The van der Waals surface area contributed by atoms with Gasteiger partial charge in [-0.2, -0.15) is 0 Å². The quantitative estimate of drug-likeness (QED) is 0.874. The van der Waals surface area contributed by atoms with Gasteiger partial charge in [0.15, 0.2) is 0 Å². The third kappa shape index (κ3) is 2.33. The van der Waals surface area contributed by atoms with Crippen LogP contribution < -0.4 is 11.1 Å². The average molecular weight is 269 g/mol. The number of nitrogens with two attached hydrogens (primary N) is 1. The number of nitrogens with zero attached hydrogens (tertiary/aromatic N) is 1. The number of hydrogen-bond donors (Lipinski definition) is 2. The molecule has 1 fully saturated rings. The Morgan fingerprint density at radius 1 is 1.25 bits per heavy atom. The second kappa shape index (κ2) is 5.31. The van der Waals surface area contributed by atoms with E-state index in [-0.39, 0.29) is 0 Å². The summed E-state index contributed by atoms with van der Waals surface area (Å²) in [5.41, 5.74) is 9.38. The lowest BCUT2D eigenvalue weighted by Crippen LogP contribution is -2.26. The van der Waals surface area contributed by atoms with Crippen molar-refractivity contribution in [1.82, 2.24) is 4.98 Å². The number of para-hydroxylation sites is 1. The van der Waals surface area contributed by atoms with E-state index in [0.717, 1.165) is 28.8 Å². The van der Waals surface area contributed by atoms with Gasteiger partial charge < -0.3 is 11.1 Å². The molecule has 1 aliphatic carbocycles. The van der Waals surface area contributed by atoms with Gasteiger partial charge in [-0.3, -0.25) is 4.98 Å². The zero-order chi connectivity index (χ0) is 14.0. The molecular formula is C17H23N3. The maximum atomic E-state index is 6.13. The van der Waals surface area contributed by atoms with Gasteiger partial charge in [0.2, 0.25) is 0 Å². The molecule has 2 aromatic rings. The van der Waals surface area contributed by atoms with Crippen molar-refractivity contribution in [2.24, 2.45) is 5.41 Å². The summed E-state index contributed by atoms with van der Waals surface area (Å²) in [5, 5.41) is 4.75. The topological polar surface area (TPSA) is 50.9 Å². The molecule has 0 unspecified atom stereocenters. The van der Waals surface area contributed by atoms with Gasteiger partial charge in [0, 0.05) is 11.9 Å². The van der Waals surface area contributed by atoms with Crippen molar-refractivity contribution in [2.45, 2.75) is 39.0 Å². The molecular weight excluding hydrogens is 246 g/mol. The van der Waals surface area contributed by atoms with E-state index in [1.807, 2.05) is 18.2 Å². The van der Waals surface area contributed by atoms with Crippen molar-refractivity contribution in [3.63, 3.8) is 0 Å². The third-order valence-electron chi connectivity index (χ3n) is 4.86. The molecule has 3 N–H and O–H groups in total. The molecule has 3 nitrogen and oxygen atoms in total. The van der Waals surface area contributed by atoms with Crippen molar-refractivity contribution in [1.29, 1.82) is 0 Å². The lowest BCUT2D eigenvalue weighted by molar-refractivity contribution is 0.307. The molecule has 1 aromatic carbocycles. The molecule has 1 heterocycles. The van der Waals surface area contributed by atoms with Crippen molar-refractivity contribution in [3.05, 3.63) is 30.5 Å². The monoisotopic (exact) mass is 269 g/mol. The highest BCUT2D eigenvalue weighted by Gasteiger charge is 2.31. The van der Waals surface area contributed by atoms with Crippen molar-refractivity contribution < 1.29 is 0 Å². The SMILES string of the molecule is CCC1(CNc2c(N)cnc3ccccc23)CCCC1.